The summed E-state index contributed by atoms with van der Waals surface area (Å²) in [6.45, 7) is 1.70. The van der Waals surface area contributed by atoms with Crippen molar-refractivity contribution in [1.82, 2.24) is 15.3 Å². The minimum atomic E-state index is 0.220. The molecular weight excluding hydrogens is 260 g/mol. The second kappa shape index (κ2) is 4.99. The van der Waals surface area contributed by atoms with Crippen LogP contribution < -0.4 is 10.6 Å². The molecule has 2 aromatic rings. The highest BCUT2D eigenvalue weighted by Gasteiger charge is 2.15. The van der Waals surface area contributed by atoms with Crippen LogP contribution in [0.3, 0.4) is 0 Å². The Morgan fingerprint density at radius 1 is 1.37 bits per heavy atom. The molecule has 0 amide bonds. The number of aromatic hydroxyl groups is 1. The number of aromatic amines is 1. The Morgan fingerprint density at radius 3 is 3.11 bits per heavy atom. The van der Waals surface area contributed by atoms with Gasteiger partial charge in [-0.2, -0.15) is 0 Å². The van der Waals surface area contributed by atoms with Gasteiger partial charge in [0.15, 0.2) is 4.77 Å². The lowest BCUT2D eigenvalue weighted by Crippen LogP contribution is -2.26. The van der Waals surface area contributed by atoms with E-state index in [-0.39, 0.29) is 5.75 Å². The molecule has 0 bridgehead atoms. The Bertz CT molecular complexity index is 668. The average Bonchev–Trinajstić information content (AvgIpc) is 2.38. The Labute approximate surface area is 115 Å². The first-order chi connectivity index (χ1) is 9.22. The highest BCUT2D eigenvalue weighted by Crippen LogP contribution is 2.24. The van der Waals surface area contributed by atoms with Crippen molar-refractivity contribution >= 4 is 23.7 Å². The first kappa shape index (κ1) is 12.1. The quantitative estimate of drug-likeness (QED) is 0.632. The van der Waals surface area contributed by atoms with Crippen molar-refractivity contribution in [2.75, 3.05) is 11.9 Å². The molecule has 98 valence electrons. The summed E-state index contributed by atoms with van der Waals surface area (Å²) in [5.74, 6) is 0.967. The summed E-state index contributed by atoms with van der Waals surface area (Å²) in [5, 5.41) is 16.0. The van der Waals surface area contributed by atoms with Gasteiger partial charge >= 0.3 is 0 Å². The Balaban J connectivity index is 2.00. The minimum Gasteiger partial charge on any atom is -0.508 e. The van der Waals surface area contributed by atoms with Gasteiger partial charge in [0, 0.05) is 42.5 Å². The molecule has 1 aliphatic rings. The van der Waals surface area contributed by atoms with Crippen molar-refractivity contribution in [3.05, 3.63) is 40.3 Å². The number of H-pyrrole nitrogens is 1. The predicted molar refractivity (Wildman–Crippen MR) is 76.2 cm³/mol. The molecule has 3 rings (SSSR count). The zero-order chi connectivity index (χ0) is 13.2. The van der Waals surface area contributed by atoms with Crippen molar-refractivity contribution in [2.45, 2.75) is 13.0 Å². The highest BCUT2D eigenvalue weighted by molar-refractivity contribution is 7.71. The lowest BCUT2D eigenvalue weighted by Gasteiger charge is -2.20. The molecule has 0 aliphatic carbocycles. The third-order valence-corrected chi connectivity index (χ3v) is 3.28. The van der Waals surface area contributed by atoms with Crippen molar-refractivity contribution in [1.29, 1.82) is 0 Å². The van der Waals surface area contributed by atoms with Crippen molar-refractivity contribution in [2.24, 2.45) is 0 Å². The molecule has 1 aromatic heterocycles. The maximum Gasteiger partial charge on any atom is 0.198 e. The van der Waals surface area contributed by atoms with Gasteiger partial charge in [-0.3, -0.25) is 0 Å². The van der Waals surface area contributed by atoms with Crippen LogP contribution in [0.1, 0.15) is 11.3 Å². The number of rotatable bonds is 2. The summed E-state index contributed by atoms with van der Waals surface area (Å²) < 4.78 is 0.475. The van der Waals surface area contributed by atoms with E-state index in [1.54, 1.807) is 18.2 Å². The smallest absolute Gasteiger partial charge is 0.198 e. The van der Waals surface area contributed by atoms with E-state index >= 15 is 0 Å². The van der Waals surface area contributed by atoms with Gasteiger partial charge in [0.25, 0.3) is 0 Å². The van der Waals surface area contributed by atoms with E-state index in [2.05, 4.69) is 20.6 Å². The number of hydrogen-bond donors (Lipinski definition) is 4. The van der Waals surface area contributed by atoms with Crippen LogP contribution in [0.15, 0.2) is 24.3 Å². The molecule has 1 aliphatic heterocycles. The van der Waals surface area contributed by atoms with E-state index < -0.39 is 0 Å². The van der Waals surface area contributed by atoms with E-state index in [1.807, 2.05) is 6.07 Å². The van der Waals surface area contributed by atoms with Gasteiger partial charge in [-0.15, -0.1) is 0 Å². The number of benzene rings is 1. The molecule has 0 unspecified atom stereocenters. The fraction of sp³-hybridized carbons (Fsp3) is 0.231. The van der Waals surface area contributed by atoms with Gasteiger partial charge in [0.1, 0.15) is 11.6 Å². The molecule has 2 heterocycles. The number of phenolic OH excluding ortho intramolecular Hbond substituents is 1. The number of anilines is 2. The molecule has 0 saturated heterocycles. The maximum absolute atomic E-state index is 9.48. The van der Waals surface area contributed by atoms with E-state index in [4.69, 9.17) is 12.2 Å². The zero-order valence-electron chi connectivity index (χ0n) is 10.2. The van der Waals surface area contributed by atoms with Gasteiger partial charge in [0.05, 0.1) is 0 Å². The van der Waals surface area contributed by atoms with E-state index in [1.165, 1.54) is 0 Å². The summed E-state index contributed by atoms with van der Waals surface area (Å²) in [6, 6.07) is 6.95. The van der Waals surface area contributed by atoms with Gasteiger partial charge in [-0.25, -0.2) is 4.98 Å². The third kappa shape index (κ3) is 2.59. The van der Waals surface area contributed by atoms with Crippen LogP contribution in [0.5, 0.6) is 5.75 Å². The van der Waals surface area contributed by atoms with Crippen molar-refractivity contribution < 1.29 is 5.11 Å². The lowest BCUT2D eigenvalue weighted by molar-refractivity contribution is 0.475. The van der Waals surface area contributed by atoms with Gasteiger partial charge in [-0.05, 0) is 24.4 Å². The summed E-state index contributed by atoms with van der Waals surface area (Å²) in [7, 11) is 0. The molecule has 0 spiro atoms. The van der Waals surface area contributed by atoms with Gasteiger partial charge < -0.3 is 20.7 Å². The maximum atomic E-state index is 9.48. The van der Waals surface area contributed by atoms with Gasteiger partial charge in [0.2, 0.25) is 0 Å². The number of aromatic nitrogens is 2. The Morgan fingerprint density at radius 2 is 2.26 bits per heavy atom. The SMILES string of the molecule is Oc1cccc(Nc2nc(=S)[nH]c3c2CNCC3)c1. The molecule has 0 saturated carbocycles. The minimum absolute atomic E-state index is 0.220. The van der Waals surface area contributed by atoms with Gasteiger partial charge in [-0.1, -0.05) is 6.07 Å². The van der Waals surface area contributed by atoms with Crippen molar-refractivity contribution in [3.63, 3.8) is 0 Å². The van der Waals surface area contributed by atoms with Crippen LogP contribution in [0.25, 0.3) is 0 Å². The molecule has 1 aromatic carbocycles. The van der Waals surface area contributed by atoms with Crippen LogP contribution >= 0.6 is 12.2 Å². The molecule has 5 nitrogen and oxygen atoms in total. The molecular formula is C13H14N4OS. The van der Waals surface area contributed by atoms with E-state index in [9.17, 15) is 5.11 Å². The first-order valence-electron chi connectivity index (χ1n) is 6.11. The summed E-state index contributed by atoms with van der Waals surface area (Å²) >= 11 is 5.15. The number of hydrogen-bond acceptors (Lipinski definition) is 5. The largest absolute Gasteiger partial charge is 0.508 e. The lowest BCUT2D eigenvalue weighted by atomic mass is 10.1. The third-order valence-electron chi connectivity index (χ3n) is 3.08. The number of nitrogens with one attached hydrogen (secondary N) is 3. The fourth-order valence-electron chi connectivity index (χ4n) is 2.20. The monoisotopic (exact) mass is 274 g/mol. The summed E-state index contributed by atoms with van der Waals surface area (Å²) in [4.78, 5) is 7.48. The topological polar surface area (TPSA) is 73.0 Å². The first-order valence-corrected chi connectivity index (χ1v) is 6.52. The number of phenols is 1. The van der Waals surface area contributed by atoms with Crippen LogP contribution in [-0.2, 0) is 13.0 Å². The number of fused-ring (bicyclic) bond motifs is 1. The average molecular weight is 274 g/mol. The number of nitrogens with zero attached hydrogens (tertiary/aromatic N) is 1. The molecule has 6 heteroatoms. The highest BCUT2D eigenvalue weighted by atomic mass is 32.1. The Hall–Kier alpha value is -1.92. The fourth-order valence-corrected chi connectivity index (χ4v) is 2.41. The van der Waals surface area contributed by atoms with Crippen LogP contribution in [0.4, 0.5) is 11.5 Å². The van der Waals surface area contributed by atoms with E-state index in [0.29, 0.717) is 4.77 Å². The zero-order valence-corrected chi connectivity index (χ0v) is 11.0. The Kier molecular flexibility index (Phi) is 3.18. The van der Waals surface area contributed by atoms with Crippen LogP contribution in [0.2, 0.25) is 0 Å². The van der Waals surface area contributed by atoms with Crippen LogP contribution in [-0.4, -0.2) is 21.6 Å². The molecule has 0 radical (unpaired) electrons. The summed E-state index contributed by atoms with van der Waals surface area (Å²) in [5.41, 5.74) is 3.02. The second-order valence-corrected chi connectivity index (χ2v) is 4.84. The molecule has 19 heavy (non-hydrogen) atoms. The van der Waals surface area contributed by atoms with Crippen molar-refractivity contribution in [3.8, 4) is 5.75 Å². The predicted octanol–water partition coefficient (Wildman–Crippen LogP) is 2.23. The standard InChI is InChI=1S/C13H14N4OS/c18-9-3-1-2-8(6-9)15-12-10-7-14-5-4-11(10)16-13(19)17-12/h1-3,6,14,18H,4-5,7H2,(H2,15,16,17,19). The molecule has 0 fully saturated rings. The molecule has 0 atom stereocenters. The second-order valence-electron chi connectivity index (χ2n) is 4.45. The van der Waals surface area contributed by atoms with Crippen LogP contribution in [0, 0.1) is 4.77 Å². The normalized spacial score (nSPS) is 13.9. The van der Waals surface area contributed by atoms with E-state index in [0.717, 1.165) is 42.3 Å². The molecule has 4 N–H and O–H groups in total. The summed E-state index contributed by atoms with van der Waals surface area (Å²) in [6.07, 6.45) is 0.913.